The van der Waals surface area contributed by atoms with E-state index in [2.05, 4.69) is 54.0 Å². The first-order valence-electron chi connectivity index (χ1n) is 8.07. The van der Waals surface area contributed by atoms with Crippen LogP contribution in [0.4, 0.5) is 0 Å². The fourth-order valence-electron chi connectivity index (χ4n) is 3.00. The Kier molecular flexibility index (Phi) is 3.72. The number of aromatic amines is 1. The summed E-state index contributed by atoms with van der Waals surface area (Å²) in [5, 5.41) is 0. The van der Waals surface area contributed by atoms with E-state index in [1.807, 2.05) is 36.4 Å². The number of para-hydroxylation sites is 2. The molecule has 0 aliphatic heterocycles. The van der Waals surface area contributed by atoms with Crippen molar-refractivity contribution in [2.45, 2.75) is 6.42 Å². The van der Waals surface area contributed by atoms with Gasteiger partial charge in [0, 0.05) is 5.56 Å². The Morgan fingerprint density at radius 1 is 0.875 bits per heavy atom. The molecule has 0 amide bonds. The molecule has 0 bridgehead atoms. The van der Waals surface area contributed by atoms with Gasteiger partial charge in [0.05, 0.1) is 11.0 Å². The first-order chi connectivity index (χ1) is 11.8. The maximum atomic E-state index is 4.72. The number of nitrogens with one attached hydrogen (secondary N) is 1. The first kappa shape index (κ1) is 14.5. The highest BCUT2D eigenvalue weighted by molar-refractivity contribution is 5.79. The van der Waals surface area contributed by atoms with Crippen LogP contribution in [0.3, 0.4) is 0 Å². The Bertz CT molecular complexity index is 964. The summed E-state index contributed by atoms with van der Waals surface area (Å²) in [6.45, 7) is 3.93. The van der Waals surface area contributed by atoms with Crippen molar-refractivity contribution in [3.8, 4) is 11.4 Å². The number of hydrogen-bond acceptors (Lipinski definition) is 1. The summed E-state index contributed by atoms with van der Waals surface area (Å²) >= 11 is 0. The summed E-state index contributed by atoms with van der Waals surface area (Å²) in [6, 6.07) is 25.1. The van der Waals surface area contributed by atoms with Gasteiger partial charge in [-0.05, 0) is 47.4 Å². The van der Waals surface area contributed by atoms with Gasteiger partial charge in [-0.2, -0.15) is 0 Å². The molecular formula is C22H18N2. The van der Waals surface area contributed by atoms with Crippen molar-refractivity contribution >= 4 is 17.1 Å². The minimum atomic E-state index is 0.897. The smallest absolute Gasteiger partial charge is 0.138 e. The summed E-state index contributed by atoms with van der Waals surface area (Å²) in [6.07, 6.45) is 2.79. The Hall–Kier alpha value is -3.13. The molecule has 0 spiro atoms. The lowest BCUT2D eigenvalue weighted by molar-refractivity contribution is 1.19. The van der Waals surface area contributed by atoms with E-state index in [1.165, 1.54) is 11.1 Å². The van der Waals surface area contributed by atoms with Crippen LogP contribution in [0.1, 0.15) is 16.7 Å². The number of H-pyrrole nitrogens is 1. The summed E-state index contributed by atoms with van der Waals surface area (Å²) in [4.78, 5) is 8.13. The zero-order valence-corrected chi connectivity index (χ0v) is 13.4. The van der Waals surface area contributed by atoms with Gasteiger partial charge in [-0.1, -0.05) is 61.2 Å². The Labute approximate surface area is 141 Å². The molecule has 2 nitrogen and oxygen atoms in total. The zero-order valence-electron chi connectivity index (χ0n) is 13.4. The van der Waals surface area contributed by atoms with Crippen molar-refractivity contribution in [3.63, 3.8) is 0 Å². The van der Waals surface area contributed by atoms with E-state index in [4.69, 9.17) is 4.98 Å². The van der Waals surface area contributed by atoms with E-state index in [9.17, 15) is 0 Å². The van der Waals surface area contributed by atoms with Crippen LogP contribution in [0, 0.1) is 0 Å². The third kappa shape index (κ3) is 2.86. The molecular weight excluding hydrogens is 292 g/mol. The topological polar surface area (TPSA) is 28.7 Å². The van der Waals surface area contributed by atoms with Crippen molar-refractivity contribution in [2.24, 2.45) is 0 Å². The number of benzene rings is 3. The highest BCUT2D eigenvalue weighted by atomic mass is 14.9. The van der Waals surface area contributed by atoms with Crippen LogP contribution >= 0.6 is 0 Å². The van der Waals surface area contributed by atoms with Gasteiger partial charge in [0.25, 0.3) is 0 Å². The van der Waals surface area contributed by atoms with Gasteiger partial charge in [0.15, 0.2) is 0 Å². The third-order valence-electron chi connectivity index (χ3n) is 4.16. The lowest BCUT2D eigenvalue weighted by Gasteiger charge is -2.07. The average Bonchev–Trinajstić information content (AvgIpc) is 3.06. The van der Waals surface area contributed by atoms with Crippen molar-refractivity contribution in [1.29, 1.82) is 0 Å². The second kappa shape index (κ2) is 6.17. The van der Waals surface area contributed by atoms with E-state index < -0.39 is 0 Å². The summed E-state index contributed by atoms with van der Waals surface area (Å²) in [5.74, 6) is 0.897. The van der Waals surface area contributed by atoms with Crippen LogP contribution in [0.2, 0.25) is 0 Å². The molecule has 0 atom stereocenters. The van der Waals surface area contributed by atoms with Crippen LogP contribution < -0.4 is 0 Å². The van der Waals surface area contributed by atoms with E-state index >= 15 is 0 Å². The van der Waals surface area contributed by atoms with E-state index in [0.29, 0.717) is 0 Å². The second-order valence-electron chi connectivity index (χ2n) is 5.93. The van der Waals surface area contributed by atoms with Gasteiger partial charge in [-0.3, -0.25) is 0 Å². The summed E-state index contributed by atoms with van der Waals surface area (Å²) in [5.41, 5.74) is 6.80. The summed E-state index contributed by atoms with van der Waals surface area (Å²) in [7, 11) is 0. The molecule has 0 saturated carbocycles. The van der Waals surface area contributed by atoms with E-state index in [-0.39, 0.29) is 0 Å². The molecule has 2 heteroatoms. The maximum absolute atomic E-state index is 4.72. The third-order valence-corrected chi connectivity index (χ3v) is 4.16. The first-order valence-corrected chi connectivity index (χ1v) is 8.07. The molecule has 1 heterocycles. The normalized spacial score (nSPS) is 10.8. The van der Waals surface area contributed by atoms with Crippen LogP contribution in [0.15, 0.2) is 79.4 Å². The van der Waals surface area contributed by atoms with Gasteiger partial charge in [-0.15, -0.1) is 0 Å². The Morgan fingerprint density at radius 3 is 2.46 bits per heavy atom. The van der Waals surface area contributed by atoms with Gasteiger partial charge in [0.1, 0.15) is 5.82 Å². The van der Waals surface area contributed by atoms with E-state index in [1.54, 1.807) is 0 Å². The van der Waals surface area contributed by atoms with Crippen molar-refractivity contribution < 1.29 is 0 Å². The number of imidazole rings is 1. The Morgan fingerprint density at radius 2 is 1.67 bits per heavy atom. The fourth-order valence-corrected chi connectivity index (χ4v) is 3.00. The maximum Gasteiger partial charge on any atom is 0.138 e. The lowest BCUT2D eigenvalue weighted by Crippen LogP contribution is -1.91. The van der Waals surface area contributed by atoms with Crippen LogP contribution in [-0.4, -0.2) is 9.97 Å². The van der Waals surface area contributed by atoms with Gasteiger partial charge >= 0.3 is 0 Å². The molecule has 3 aromatic carbocycles. The molecule has 1 N–H and O–H groups in total. The molecule has 116 valence electrons. The Balaban J connectivity index is 1.77. The minimum Gasteiger partial charge on any atom is -0.338 e. The predicted octanol–water partition coefficient (Wildman–Crippen LogP) is 5.46. The highest BCUT2D eigenvalue weighted by Crippen LogP contribution is 2.24. The molecule has 0 fully saturated rings. The molecule has 4 aromatic rings. The summed E-state index contributed by atoms with van der Waals surface area (Å²) < 4.78 is 0. The van der Waals surface area contributed by atoms with Crippen LogP contribution in [0.5, 0.6) is 0 Å². The molecule has 1 aromatic heterocycles. The average molecular weight is 310 g/mol. The van der Waals surface area contributed by atoms with Crippen molar-refractivity contribution in [3.05, 3.63) is 96.1 Å². The molecule has 0 saturated heterocycles. The minimum absolute atomic E-state index is 0.897. The number of aromatic nitrogens is 2. The second-order valence-corrected chi connectivity index (χ2v) is 5.93. The fraction of sp³-hybridized carbons (Fsp3) is 0.0455. The monoisotopic (exact) mass is 310 g/mol. The molecule has 0 aliphatic rings. The number of hydrogen-bond donors (Lipinski definition) is 1. The number of rotatable bonds is 4. The molecule has 4 rings (SSSR count). The van der Waals surface area contributed by atoms with Gasteiger partial charge in [-0.25, -0.2) is 4.98 Å². The SMILES string of the molecule is C=Cc1cc(Cc2ccccc2)cc(-c2nc3ccccc3[nH]2)c1. The zero-order chi connectivity index (χ0) is 16.4. The quantitative estimate of drug-likeness (QED) is 0.532. The predicted molar refractivity (Wildman–Crippen MR) is 101 cm³/mol. The van der Waals surface area contributed by atoms with E-state index in [0.717, 1.165) is 34.4 Å². The largest absolute Gasteiger partial charge is 0.338 e. The number of fused-ring (bicyclic) bond motifs is 1. The highest BCUT2D eigenvalue weighted by Gasteiger charge is 2.08. The number of nitrogens with zero attached hydrogens (tertiary/aromatic N) is 1. The lowest BCUT2D eigenvalue weighted by atomic mass is 9.99. The molecule has 0 unspecified atom stereocenters. The van der Waals surface area contributed by atoms with Crippen LogP contribution in [0.25, 0.3) is 28.5 Å². The van der Waals surface area contributed by atoms with Crippen molar-refractivity contribution in [1.82, 2.24) is 9.97 Å². The molecule has 0 aliphatic carbocycles. The van der Waals surface area contributed by atoms with Gasteiger partial charge < -0.3 is 4.98 Å². The molecule has 24 heavy (non-hydrogen) atoms. The molecule has 0 radical (unpaired) electrons. The standard InChI is InChI=1S/C22H18N2/c1-2-16-12-18(13-17-8-4-3-5-9-17)15-19(14-16)22-23-20-10-6-7-11-21(20)24-22/h2-12,14-15H,1,13H2,(H,23,24). The van der Waals surface area contributed by atoms with Crippen molar-refractivity contribution in [2.75, 3.05) is 0 Å². The van der Waals surface area contributed by atoms with Gasteiger partial charge in [0.2, 0.25) is 0 Å². The van der Waals surface area contributed by atoms with Crippen LogP contribution in [-0.2, 0) is 6.42 Å².